The second-order valence-corrected chi connectivity index (χ2v) is 6.91. The molecule has 1 unspecified atom stereocenters. The number of hydrogen-bond acceptors (Lipinski definition) is 6. The van der Waals surface area contributed by atoms with Gasteiger partial charge in [0.15, 0.2) is 0 Å². The summed E-state index contributed by atoms with van der Waals surface area (Å²) in [6, 6.07) is 6.45. The minimum atomic E-state index is -1.16. The quantitative estimate of drug-likeness (QED) is 0.247. The van der Waals surface area contributed by atoms with E-state index in [0.29, 0.717) is 24.2 Å². The molecule has 11 nitrogen and oxygen atoms in total. The molecule has 1 fully saturated rings. The van der Waals surface area contributed by atoms with Crippen molar-refractivity contribution in [1.82, 2.24) is 31.1 Å². The fraction of sp³-hybridized carbons (Fsp3) is 0.286. The number of carbonyl (C=O) groups is 5. The van der Waals surface area contributed by atoms with E-state index in [-0.39, 0.29) is 25.3 Å². The number of benzene rings is 1. The minimum Gasteiger partial charge on any atom is -0.344 e. The van der Waals surface area contributed by atoms with Gasteiger partial charge in [-0.25, -0.2) is 10.1 Å². The number of likely N-dealkylation sites (N-methyl/N-ethyl adjacent to an activating group) is 1. The predicted molar refractivity (Wildman–Crippen MR) is 112 cm³/mol. The van der Waals surface area contributed by atoms with Crippen molar-refractivity contribution in [2.24, 2.45) is 0 Å². The van der Waals surface area contributed by atoms with Crippen LogP contribution in [0.1, 0.15) is 18.5 Å². The Morgan fingerprint density at radius 3 is 2.62 bits per heavy atom. The Bertz CT molecular complexity index is 974. The first-order valence-electron chi connectivity index (χ1n) is 9.98. The van der Waals surface area contributed by atoms with Gasteiger partial charge in [0.05, 0.1) is 0 Å². The zero-order chi connectivity index (χ0) is 23.1. The zero-order valence-electron chi connectivity index (χ0n) is 17.4. The van der Waals surface area contributed by atoms with Crippen LogP contribution >= 0.6 is 0 Å². The van der Waals surface area contributed by atoms with Gasteiger partial charge in [-0.05, 0) is 12.5 Å². The standard InChI is InChI=1S/C21H22N6O5/c1-2-26-10-11-27(20(31)19(26)30)21(32)25-17(14-6-4-3-5-7-14)18(29)24-16-12-22-9-8-15(16)23-13-28/h3-7,9,13,17H,2,10-12H2,1H3,(H3-,22,23,24,25,28,29,30,31,32)/p+1. The van der Waals surface area contributed by atoms with E-state index in [9.17, 15) is 24.0 Å². The molecule has 2 heterocycles. The summed E-state index contributed by atoms with van der Waals surface area (Å²) in [5.41, 5.74) is 1.10. The molecule has 2 aliphatic rings. The molecule has 11 heteroatoms. The first kappa shape index (κ1) is 22.4. The minimum absolute atomic E-state index is 0.0234. The van der Waals surface area contributed by atoms with Gasteiger partial charge in [0.2, 0.25) is 12.1 Å². The number of carbonyl (C=O) groups excluding carboxylic acids is 5. The molecule has 1 aromatic rings. The van der Waals surface area contributed by atoms with Crippen LogP contribution in [-0.2, 0) is 19.2 Å². The van der Waals surface area contributed by atoms with Crippen LogP contribution < -0.4 is 21.3 Å². The van der Waals surface area contributed by atoms with Crippen molar-refractivity contribution in [3.63, 3.8) is 0 Å². The average molecular weight is 439 g/mol. The molecule has 2 aliphatic heterocycles. The summed E-state index contributed by atoms with van der Waals surface area (Å²) in [7, 11) is 0. The molecular formula is C21H23N6O5+. The van der Waals surface area contributed by atoms with Crippen LogP contribution in [0.2, 0.25) is 0 Å². The number of piperazine rings is 1. The largest absolute Gasteiger partial charge is 0.344 e. The van der Waals surface area contributed by atoms with Crippen molar-refractivity contribution in [3.8, 4) is 0 Å². The van der Waals surface area contributed by atoms with Crippen molar-refractivity contribution in [2.75, 3.05) is 26.2 Å². The van der Waals surface area contributed by atoms with Crippen molar-refractivity contribution in [2.45, 2.75) is 13.0 Å². The third-order valence-electron chi connectivity index (χ3n) is 4.98. The molecule has 0 bridgehead atoms. The van der Waals surface area contributed by atoms with E-state index in [1.807, 2.05) is 0 Å². The van der Waals surface area contributed by atoms with Crippen molar-refractivity contribution < 1.29 is 24.0 Å². The van der Waals surface area contributed by atoms with Gasteiger partial charge >= 0.3 is 17.8 Å². The molecule has 0 saturated carbocycles. The van der Waals surface area contributed by atoms with Gasteiger partial charge in [-0.3, -0.25) is 29.4 Å². The zero-order valence-corrected chi connectivity index (χ0v) is 17.4. The maximum absolute atomic E-state index is 13.1. The van der Waals surface area contributed by atoms with Gasteiger partial charge in [0.1, 0.15) is 24.9 Å². The highest BCUT2D eigenvalue weighted by molar-refractivity contribution is 6.38. The van der Waals surface area contributed by atoms with Crippen LogP contribution in [0.25, 0.3) is 0 Å². The molecule has 32 heavy (non-hydrogen) atoms. The fourth-order valence-electron chi connectivity index (χ4n) is 3.28. The topological polar surface area (TPSA) is 140 Å². The Hall–Kier alpha value is -4.24. The van der Waals surface area contributed by atoms with Crippen molar-refractivity contribution in [3.05, 3.63) is 59.6 Å². The predicted octanol–water partition coefficient (Wildman–Crippen LogP) is -0.878. The average Bonchev–Trinajstić information content (AvgIpc) is 2.81. The lowest BCUT2D eigenvalue weighted by Crippen LogP contribution is -2.59. The number of dihydropyridines is 1. The van der Waals surface area contributed by atoms with E-state index < -0.39 is 29.8 Å². The van der Waals surface area contributed by atoms with E-state index >= 15 is 0 Å². The number of urea groups is 1. The normalized spacial score (nSPS) is 16.7. The van der Waals surface area contributed by atoms with Gasteiger partial charge in [0.25, 0.3) is 11.6 Å². The van der Waals surface area contributed by atoms with Crippen LogP contribution in [0.5, 0.6) is 0 Å². The summed E-state index contributed by atoms with van der Waals surface area (Å²) < 4.78 is 0. The first-order valence-corrected chi connectivity index (χ1v) is 9.98. The van der Waals surface area contributed by atoms with Gasteiger partial charge in [0, 0.05) is 19.6 Å². The smallest absolute Gasteiger partial charge is 0.325 e. The van der Waals surface area contributed by atoms with Crippen molar-refractivity contribution >= 4 is 30.2 Å². The lowest BCUT2D eigenvalue weighted by Gasteiger charge is -2.32. The Labute approximate surface area is 184 Å². The Morgan fingerprint density at radius 2 is 1.94 bits per heavy atom. The molecule has 6 amide bonds. The summed E-state index contributed by atoms with van der Waals surface area (Å²) >= 11 is 0. The van der Waals surface area contributed by atoms with E-state index in [0.717, 1.165) is 4.90 Å². The summed E-state index contributed by atoms with van der Waals surface area (Å²) in [6.45, 7) is 2.57. The monoisotopic (exact) mass is 439 g/mol. The summed E-state index contributed by atoms with van der Waals surface area (Å²) in [5.74, 6) is -2.31. The van der Waals surface area contributed by atoms with E-state index in [2.05, 4.69) is 27.3 Å². The molecular weight excluding hydrogens is 416 g/mol. The molecule has 0 spiro atoms. The van der Waals surface area contributed by atoms with E-state index in [4.69, 9.17) is 0 Å². The van der Waals surface area contributed by atoms with Crippen LogP contribution in [0.3, 0.4) is 0 Å². The van der Waals surface area contributed by atoms with Gasteiger partial charge < -0.3 is 15.5 Å². The molecule has 1 atom stereocenters. The molecule has 4 N–H and O–H groups in total. The summed E-state index contributed by atoms with van der Waals surface area (Å²) in [4.78, 5) is 63.4. The SMILES string of the molecule is CCN1CCN(C(=O)NC(C(=O)NC2=C(NC=O)[C+]=CNC2)c2ccccc2)C(=O)C1=O. The first-order chi connectivity index (χ1) is 15.5. The number of imide groups is 1. The van der Waals surface area contributed by atoms with Gasteiger partial charge in [-0.15, -0.1) is 0 Å². The number of nitrogens with one attached hydrogen (secondary N) is 4. The highest BCUT2D eigenvalue weighted by atomic mass is 16.2. The maximum atomic E-state index is 13.1. The summed E-state index contributed by atoms with van der Waals surface area (Å²) in [6.07, 6.45) is 4.73. The Morgan fingerprint density at radius 1 is 1.19 bits per heavy atom. The molecule has 0 aliphatic carbocycles. The maximum Gasteiger partial charge on any atom is 0.325 e. The molecule has 1 aromatic carbocycles. The molecule has 1 saturated heterocycles. The van der Waals surface area contributed by atoms with Crippen LogP contribution in [0, 0.1) is 6.08 Å². The number of amides is 6. The third-order valence-corrected chi connectivity index (χ3v) is 4.98. The van der Waals surface area contributed by atoms with E-state index in [1.54, 1.807) is 37.3 Å². The molecule has 3 rings (SSSR count). The van der Waals surface area contributed by atoms with Crippen molar-refractivity contribution in [1.29, 1.82) is 0 Å². The van der Waals surface area contributed by atoms with Gasteiger partial charge in [-0.1, -0.05) is 30.3 Å². The van der Waals surface area contributed by atoms with Gasteiger partial charge in [-0.2, -0.15) is 0 Å². The van der Waals surface area contributed by atoms with Crippen LogP contribution in [-0.4, -0.2) is 66.1 Å². The van der Waals surface area contributed by atoms with Crippen LogP contribution in [0.4, 0.5) is 4.79 Å². The highest BCUT2D eigenvalue weighted by Gasteiger charge is 2.37. The Kier molecular flexibility index (Phi) is 7.14. The Balaban J connectivity index is 1.81. The van der Waals surface area contributed by atoms with Crippen LogP contribution in [0.15, 0.2) is 47.9 Å². The second kappa shape index (κ2) is 10.2. The highest BCUT2D eigenvalue weighted by Crippen LogP contribution is 2.16. The lowest BCUT2D eigenvalue weighted by atomic mass is 10.1. The molecule has 166 valence electrons. The lowest BCUT2D eigenvalue weighted by molar-refractivity contribution is -0.153. The second-order valence-electron chi connectivity index (χ2n) is 6.91. The third kappa shape index (κ3) is 4.90. The fourth-order valence-corrected chi connectivity index (χ4v) is 3.28. The number of hydrogen-bond donors (Lipinski definition) is 4. The number of allylic oxidation sites excluding steroid dienone is 1. The summed E-state index contributed by atoms with van der Waals surface area (Å²) in [5, 5.41) is 10.5. The van der Waals surface area contributed by atoms with E-state index in [1.165, 1.54) is 11.1 Å². The molecule has 0 radical (unpaired) electrons. The molecule has 0 aromatic heterocycles. The number of nitrogens with zero attached hydrogens (tertiary/aromatic N) is 2. The number of rotatable bonds is 7.